The Morgan fingerprint density at radius 2 is 1.64 bits per heavy atom. The number of thiol groups is 1. The molecule has 25 heavy (non-hydrogen) atoms. The number of hydrogen-bond acceptors (Lipinski definition) is 6. The Morgan fingerprint density at radius 1 is 1.08 bits per heavy atom. The molecule has 0 unspecified atom stereocenters. The molecule has 0 amide bonds. The van der Waals surface area contributed by atoms with Crippen molar-refractivity contribution >= 4 is 33.2 Å². The van der Waals surface area contributed by atoms with Crippen LogP contribution in [0.3, 0.4) is 0 Å². The molecule has 0 saturated heterocycles. The van der Waals surface area contributed by atoms with Gasteiger partial charge < -0.3 is 13.3 Å². The van der Waals surface area contributed by atoms with Crippen LogP contribution in [0, 0.1) is 0 Å². The van der Waals surface area contributed by atoms with E-state index in [-0.39, 0.29) is 0 Å². The molecule has 0 aromatic carbocycles. The van der Waals surface area contributed by atoms with Gasteiger partial charge in [-0.2, -0.15) is 0 Å². The first-order valence-electron chi connectivity index (χ1n) is 9.13. The molecule has 0 atom stereocenters. The second-order valence-corrected chi connectivity index (χ2v) is 9.59. The van der Waals surface area contributed by atoms with Crippen LogP contribution in [0.2, 0.25) is 6.04 Å². The lowest BCUT2D eigenvalue weighted by molar-refractivity contribution is 0.0708. The van der Waals surface area contributed by atoms with E-state index in [0.29, 0.717) is 19.8 Å². The zero-order valence-electron chi connectivity index (χ0n) is 16.2. The number of aromatic amines is 1. The summed E-state index contributed by atoms with van der Waals surface area (Å²) in [5, 5.41) is 5.40. The molecule has 0 bridgehead atoms. The first-order valence-corrected chi connectivity index (χ1v) is 12.2. The van der Waals surface area contributed by atoms with Gasteiger partial charge in [0.25, 0.3) is 0 Å². The number of aryl methyl sites for hydroxylation is 1. The second kappa shape index (κ2) is 12.1. The Balaban J connectivity index is 2.78. The average molecular weight is 411 g/mol. The van der Waals surface area contributed by atoms with Gasteiger partial charge in [-0.25, -0.2) is 9.30 Å². The summed E-state index contributed by atoms with van der Waals surface area (Å²) in [6.07, 6.45) is 3.90. The molecule has 148 valence electrons. The Labute approximate surface area is 162 Å². The molecule has 0 spiro atoms. The van der Waals surface area contributed by atoms with Crippen LogP contribution in [0.4, 0.5) is 0 Å². The Hall–Kier alpha value is -0.393. The van der Waals surface area contributed by atoms with Crippen molar-refractivity contribution in [3.05, 3.63) is 11.1 Å². The van der Waals surface area contributed by atoms with Crippen molar-refractivity contribution in [2.45, 2.75) is 53.5 Å². The normalized spacial score (nSPS) is 11.8. The summed E-state index contributed by atoms with van der Waals surface area (Å²) >= 11 is 6.13. The van der Waals surface area contributed by atoms with E-state index in [9.17, 15) is 0 Å². The topological polar surface area (TPSA) is 56.6 Å². The molecule has 0 radical (unpaired) electrons. The van der Waals surface area contributed by atoms with E-state index < -0.39 is 8.80 Å². The number of rotatable bonds is 13. The molecular weight excluding hydrogens is 376 g/mol. The zero-order chi connectivity index (χ0) is 18.7. The predicted octanol–water partition coefficient (Wildman–Crippen LogP) is 3.46. The fraction of sp³-hybridized carbons (Fsp3) is 0.867. The zero-order valence-corrected chi connectivity index (χ0v) is 18.9. The maximum atomic E-state index is 5.93. The van der Waals surface area contributed by atoms with Crippen LogP contribution >= 0.6 is 24.3 Å². The fourth-order valence-corrected chi connectivity index (χ4v) is 6.66. The summed E-state index contributed by atoms with van der Waals surface area (Å²) in [6, 6.07) is 0.825. The van der Waals surface area contributed by atoms with Gasteiger partial charge in [0.2, 0.25) is 0 Å². The van der Waals surface area contributed by atoms with E-state index in [1.165, 1.54) is 4.88 Å². The molecule has 0 saturated carbocycles. The molecule has 1 rings (SSSR count). The van der Waals surface area contributed by atoms with Crippen LogP contribution in [0.15, 0.2) is 6.20 Å². The van der Waals surface area contributed by atoms with Crippen molar-refractivity contribution in [3.63, 3.8) is 0 Å². The van der Waals surface area contributed by atoms with Crippen molar-refractivity contribution in [2.24, 2.45) is 0 Å². The standard InChI is InChI=1S/C15H34N4O3S2Si/c1-6-17(7-2)19-16-18(23)14-15(24-19)12-11-13-25(20-8-3,21-9-4)22-10-5/h14,16,23H,6-13H2,1-5H3. The highest BCUT2D eigenvalue weighted by Gasteiger charge is 2.39. The minimum absolute atomic E-state index is 0.619. The maximum Gasteiger partial charge on any atom is 0.500 e. The van der Waals surface area contributed by atoms with Gasteiger partial charge in [0.05, 0.1) is 0 Å². The van der Waals surface area contributed by atoms with Gasteiger partial charge in [-0.1, -0.05) is 0 Å². The largest absolute Gasteiger partial charge is 0.500 e. The van der Waals surface area contributed by atoms with Crippen LogP contribution in [0.25, 0.3) is 0 Å². The summed E-state index contributed by atoms with van der Waals surface area (Å²) in [6.45, 7) is 14.0. The second-order valence-electron chi connectivity index (χ2n) is 5.38. The summed E-state index contributed by atoms with van der Waals surface area (Å²) in [7, 11) is -2.56. The molecule has 1 aromatic heterocycles. The average Bonchev–Trinajstić information content (AvgIpc) is 2.56. The molecule has 10 heteroatoms. The number of nitrogens with one attached hydrogen (secondary N) is 1. The number of H-pyrrole nitrogens is 1. The fourth-order valence-electron chi connectivity index (χ4n) is 2.60. The van der Waals surface area contributed by atoms with E-state index in [1.807, 2.05) is 31.1 Å². The SMILES string of the molecule is CCO[Si](CCCc1cn(S)[nH]n(N(CC)CC)s1)(OCC)OCC. The van der Waals surface area contributed by atoms with E-state index >= 15 is 0 Å². The molecule has 0 fully saturated rings. The molecule has 0 aliphatic carbocycles. The van der Waals surface area contributed by atoms with E-state index in [1.54, 1.807) is 15.6 Å². The van der Waals surface area contributed by atoms with Crippen molar-refractivity contribution in [1.82, 2.24) is 13.5 Å². The lowest BCUT2D eigenvalue weighted by Crippen LogP contribution is -2.46. The maximum absolute atomic E-state index is 5.93. The van der Waals surface area contributed by atoms with E-state index in [0.717, 1.165) is 32.0 Å². The minimum atomic E-state index is -2.56. The smallest absolute Gasteiger partial charge is 0.374 e. The summed E-state index contributed by atoms with van der Waals surface area (Å²) in [5.74, 6) is 0. The van der Waals surface area contributed by atoms with Gasteiger partial charge in [0.15, 0.2) is 0 Å². The molecule has 1 N–H and O–H groups in total. The van der Waals surface area contributed by atoms with Gasteiger partial charge in [0, 0.05) is 50.0 Å². The van der Waals surface area contributed by atoms with Crippen molar-refractivity contribution < 1.29 is 13.3 Å². The quantitative estimate of drug-likeness (QED) is 0.386. The molecule has 1 aromatic rings. The van der Waals surface area contributed by atoms with Crippen LogP contribution in [-0.4, -0.2) is 55.2 Å². The Morgan fingerprint density at radius 3 is 2.12 bits per heavy atom. The lowest BCUT2D eigenvalue weighted by atomic mass is 10.3. The minimum Gasteiger partial charge on any atom is -0.374 e. The molecule has 1 heterocycles. The summed E-state index contributed by atoms with van der Waals surface area (Å²) in [4.78, 5) is 1.24. The third-order valence-electron chi connectivity index (χ3n) is 3.64. The molecular formula is C15H34N4O3S2Si. The number of hydrogen-bond donors (Lipinski definition) is 2. The van der Waals surface area contributed by atoms with Crippen LogP contribution in [0.1, 0.15) is 45.9 Å². The molecule has 0 aliphatic rings. The summed E-state index contributed by atoms with van der Waals surface area (Å²) < 4.78 is 21.5. The van der Waals surface area contributed by atoms with Gasteiger partial charge >= 0.3 is 8.80 Å². The van der Waals surface area contributed by atoms with Crippen molar-refractivity contribution in [1.29, 1.82) is 0 Å². The number of aromatic nitrogens is 3. The van der Waals surface area contributed by atoms with Gasteiger partial charge in [0.1, 0.15) is 0 Å². The van der Waals surface area contributed by atoms with Crippen molar-refractivity contribution in [3.8, 4) is 0 Å². The van der Waals surface area contributed by atoms with Gasteiger partial charge in [-0.3, -0.25) is 5.01 Å². The molecule has 7 nitrogen and oxygen atoms in total. The predicted molar refractivity (Wildman–Crippen MR) is 110 cm³/mol. The third kappa shape index (κ3) is 7.39. The third-order valence-corrected chi connectivity index (χ3v) is 8.03. The summed E-state index contributed by atoms with van der Waals surface area (Å²) in [5.41, 5.74) is 0. The highest BCUT2D eigenvalue weighted by molar-refractivity contribution is 7.78. The van der Waals surface area contributed by atoms with Crippen LogP contribution in [-0.2, 0) is 19.7 Å². The highest BCUT2D eigenvalue weighted by Crippen LogP contribution is 2.21. The monoisotopic (exact) mass is 410 g/mol. The van der Waals surface area contributed by atoms with Crippen LogP contribution < -0.4 is 5.01 Å². The highest BCUT2D eigenvalue weighted by atomic mass is 32.1. The van der Waals surface area contributed by atoms with E-state index in [4.69, 9.17) is 13.3 Å². The molecule has 0 aliphatic heterocycles. The first-order chi connectivity index (χ1) is 12.0. The van der Waals surface area contributed by atoms with Crippen molar-refractivity contribution in [2.75, 3.05) is 37.9 Å². The van der Waals surface area contributed by atoms with E-state index in [2.05, 4.69) is 36.9 Å². The Bertz CT molecular complexity index is 493. The first kappa shape index (κ1) is 22.6. The Kier molecular flexibility index (Phi) is 10.9. The van der Waals surface area contributed by atoms with Crippen LogP contribution in [0.5, 0.6) is 0 Å². The number of nitrogens with zero attached hydrogens (tertiary/aromatic N) is 3. The lowest BCUT2D eigenvalue weighted by Gasteiger charge is -2.28. The van der Waals surface area contributed by atoms with Gasteiger partial charge in [-0.15, -0.1) is 4.18 Å². The van der Waals surface area contributed by atoms with Gasteiger partial charge in [-0.05, 0) is 71.8 Å².